The number of piperazine rings is 1. The average molecular weight is 477 g/mol. The van der Waals surface area contributed by atoms with E-state index in [0.29, 0.717) is 18.7 Å². The van der Waals surface area contributed by atoms with Crippen molar-refractivity contribution in [2.45, 2.75) is 6.42 Å². The minimum atomic E-state index is 0.134. The van der Waals surface area contributed by atoms with Crippen molar-refractivity contribution >= 4 is 17.2 Å². The molecule has 1 saturated heterocycles. The normalized spacial score (nSPS) is 15.4. The molecule has 1 aliphatic carbocycles. The molecule has 36 heavy (non-hydrogen) atoms. The molecule has 4 aromatic rings. The predicted octanol–water partition coefficient (Wildman–Crippen LogP) is 3.20. The highest BCUT2D eigenvalue weighted by atomic mass is 16.2. The molecule has 1 fully saturated rings. The number of aryl methyl sites for hydroxylation is 1. The number of amides is 1. The van der Waals surface area contributed by atoms with Crippen molar-refractivity contribution in [3.8, 4) is 28.3 Å². The minimum Gasteiger partial charge on any atom is -0.353 e. The fourth-order valence-electron chi connectivity index (χ4n) is 4.83. The average Bonchev–Trinajstić information content (AvgIpc) is 3.69. The molecular weight excluding hydrogens is 452 g/mol. The standard InChI is InChI=1S/C27H24N8O/c1-32-17-23(16-30-32)21-12-24(26-22(13-28)15-31-35(26)18-21)20-6-7-25(29-14-20)33-8-10-34(11-9-33)27(36)19-4-2-3-5-19/h2-4,6-7,12,14-18H,5,8-11H2,1H3. The monoisotopic (exact) mass is 476 g/mol. The third-order valence-electron chi connectivity index (χ3n) is 6.77. The molecule has 9 nitrogen and oxygen atoms in total. The van der Waals surface area contributed by atoms with E-state index in [4.69, 9.17) is 4.98 Å². The molecule has 1 amide bonds. The second kappa shape index (κ2) is 8.82. The lowest BCUT2D eigenvalue weighted by Crippen LogP contribution is -2.49. The minimum absolute atomic E-state index is 0.134. The molecule has 0 N–H and O–H groups in total. The molecule has 0 unspecified atom stereocenters. The molecule has 0 aromatic carbocycles. The molecule has 1 aliphatic heterocycles. The fourth-order valence-corrected chi connectivity index (χ4v) is 4.83. The van der Waals surface area contributed by atoms with Crippen molar-refractivity contribution in [3.05, 3.63) is 78.5 Å². The lowest BCUT2D eigenvalue weighted by molar-refractivity contribution is -0.127. The smallest absolute Gasteiger partial charge is 0.250 e. The first-order chi connectivity index (χ1) is 17.6. The number of hydrogen-bond donors (Lipinski definition) is 0. The third kappa shape index (κ3) is 3.82. The van der Waals surface area contributed by atoms with E-state index in [2.05, 4.69) is 27.2 Å². The van der Waals surface area contributed by atoms with Crippen molar-refractivity contribution < 1.29 is 4.79 Å². The summed E-state index contributed by atoms with van der Waals surface area (Å²) in [5, 5.41) is 18.3. The molecule has 0 bridgehead atoms. The lowest BCUT2D eigenvalue weighted by atomic mass is 10.0. The Hall–Kier alpha value is -4.71. The van der Waals surface area contributed by atoms with Crippen molar-refractivity contribution in [2.24, 2.45) is 7.05 Å². The van der Waals surface area contributed by atoms with Crippen LogP contribution in [0.15, 0.2) is 73.0 Å². The van der Waals surface area contributed by atoms with E-state index in [1.165, 1.54) is 0 Å². The number of allylic oxidation sites excluding steroid dienone is 3. The number of aromatic nitrogens is 5. The summed E-state index contributed by atoms with van der Waals surface area (Å²) in [4.78, 5) is 21.5. The van der Waals surface area contributed by atoms with E-state index in [1.807, 2.05) is 67.1 Å². The summed E-state index contributed by atoms with van der Waals surface area (Å²) in [5.41, 5.74) is 5.84. The van der Waals surface area contributed by atoms with Crippen LogP contribution in [0.3, 0.4) is 0 Å². The Bertz CT molecular complexity index is 1560. The van der Waals surface area contributed by atoms with Crippen LogP contribution < -0.4 is 4.90 Å². The number of anilines is 1. The number of nitriles is 1. The van der Waals surface area contributed by atoms with E-state index < -0.39 is 0 Å². The number of fused-ring (bicyclic) bond motifs is 1. The van der Waals surface area contributed by atoms with Crippen LogP contribution in [0, 0.1) is 11.3 Å². The zero-order chi connectivity index (χ0) is 24.6. The Kier molecular flexibility index (Phi) is 5.34. The molecule has 0 saturated carbocycles. The van der Waals surface area contributed by atoms with Crippen LogP contribution in [0.4, 0.5) is 5.82 Å². The van der Waals surface area contributed by atoms with E-state index in [9.17, 15) is 10.1 Å². The topological polar surface area (TPSA) is 95.3 Å². The molecule has 4 aromatic heterocycles. The van der Waals surface area contributed by atoms with Gasteiger partial charge in [0.15, 0.2) is 0 Å². The zero-order valence-corrected chi connectivity index (χ0v) is 19.9. The van der Waals surface area contributed by atoms with E-state index in [0.717, 1.165) is 58.7 Å². The first-order valence-electron chi connectivity index (χ1n) is 11.9. The van der Waals surface area contributed by atoms with Gasteiger partial charge < -0.3 is 9.80 Å². The lowest BCUT2D eigenvalue weighted by Gasteiger charge is -2.35. The van der Waals surface area contributed by atoms with Gasteiger partial charge in [0.05, 0.1) is 23.5 Å². The summed E-state index contributed by atoms with van der Waals surface area (Å²) in [6.07, 6.45) is 15.7. The molecular formula is C27H24N8O. The number of pyridine rings is 2. The third-order valence-corrected chi connectivity index (χ3v) is 6.77. The number of carbonyl (C=O) groups is 1. The maximum Gasteiger partial charge on any atom is 0.250 e. The maximum absolute atomic E-state index is 12.7. The summed E-state index contributed by atoms with van der Waals surface area (Å²) in [7, 11) is 1.88. The molecule has 9 heteroatoms. The first-order valence-corrected chi connectivity index (χ1v) is 11.9. The van der Waals surface area contributed by atoms with Crippen LogP contribution >= 0.6 is 0 Å². The molecule has 0 radical (unpaired) electrons. The van der Waals surface area contributed by atoms with E-state index in [1.54, 1.807) is 15.4 Å². The predicted molar refractivity (Wildman–Crippen MR) is 136 cm³/mol. The second-order valence-corrected chi connectivity index (χ2v) is 9.02. The van der Waals surface area contributed by atoms with Gasteiger partial charge in [-0.1, -0.05) is 18.2 Å². The van der Waals surface area contributed by atoms with Crippen LogP contribution in [0.1, 0.15) is 12.0 Å². The van der Waals surface area contributed by atoms with E-state index >= 15 is 0 Å². The van der Waals surface area contributed by atoms with Gasteiger partial charge in [-0.2, -0.15) is 15.5 Å². The quantitative estimate of drug-likeness (QED) is 0.449. The molecule has 178 valence electrons. The van der Waals surface area contributed by atoms with Crippen LogP contribution in [-0.4, -0.2) is 61.4 Å². The maximum atomic E-state index is 12.7. The van der Waals surface area contributed by atoms with Gasteiger partial charge in [-0.05, 0) is 24.6 Å². The summed E-state index contributed by atoms with van der Waals surface area (Å²) in [5.74, 6) is 1.01. The van der Waals surface area contributed by atoms with Gasteiger partial charge in [0.2, 0.25) is 5.91 Å². The Morgan fingerprint density at radius 2 is 1.86 bits per heavy atom. The van der Waals surface area contributed by atoms with E-state index in [-0.39, 0.29) is 5.91 Å². The van der Waals surface area contributed by atoms with Gasteiger partial charge in [0.25, 0.3) is 0 Å². The number of nitrogens with zero attached hydrogens (tertiary/aromatic N) is 8. The largest absolute Gasteiger partial charge is 0.353 e. The van der Waals surface area contributed by atoms with Gasteiger partial charge in [-0.3, -0.25) is 9.48 Å². The van der Waals surface area contributed by atoms with Gasteiger partial charge in [-0.25, -0.2) is 9.50 Å². The van der Waals surface area contributed by atoms with Crippen molar-refractivity contribution in [1.82, 2.24) is 29.3 Å². The number of rotatable bonds is 4. The molecule has 6 rings (SSSR count). The first kappa shape index (κ1) is 21.8. The second-order valence-electron chi connectivity index (χ2n) is 9.02. The Balaban J connectivity index is 1.26. The number of carbonyl (C=O) groups excluding carboxylic acids is 1. The molecule has 2 aliphatic rings. The SMILES string of the molecule is Cn1cc(-c2cc(-c3ccc(N4CCN(C(=O)C5=CC=CC5)CC4)nc3)c3c(C#N)cnn3c2)cn1. The van der Waals surface area contributed by atoms with Gasteiger partial charge in [0.1, 0.15) is 11.9 Å². The van der Waals surface area contributed by atoms with Crippen molar-refractivity contribution in [1.29, 1.82) is 5.26 Å². The Labute approximate surface area is 208 Å². The van der Waals surface area contributed by atoms with Crippen LogP contribution in [0.2, 0.25) is 0 Å². The van der Waals surface area contributed by atoms with Gasteiger partial charge in [0, 0.05) is 79.6 Å². The van der Waals surface area contributed by atoms with Crippen LogP contribution in [-0.2, 0) is 11.8 Å². The summed E-state index contributed by atoms with van der Waals surface area (Å²) >= 11 is 0. The van der Waals surface area contributed by atoms with Gasteiger partial charge in [-0.15, -0.1) is 0 Å². The zero-order valence-electron chi connectivity index (χ0n) is 19.9. The van der Waals surface area contributed by atoms with Crippen molar-refractivity contribution in [3.63, 3.8) is 0 Å². The van der Waals surface area contributed by atoms with Crippen LogP contribution in [0.5, 0.6) is 0 Å². The fraction of sp³-hybridized carbons (Fsp3) is 0.222. The summed E-state index contributed by atoms with van der Waals surface area (Å²) in [6, 6.07) is 8.35. The molecule has 5 heterocycles. The molecule has 0 atom stereocenters. The Morgan fingerprint density at radius 1 is 1.00 bits per heavy atom. The highest BCUT2D eigenvalue weighted by Crippen LogP contribution is 2.32. The highest BCUT2D eigenvalue weighted by molar-refractivity contribution is 5.95. The Morgan fingerprint density at radius 3 is 2.53 bits per heavy atom. The molecule has 0 spiro atoms. The summed E-state index contributed by atoms with van der Waals surface area (Å²) < 4.78 is 3.50. The highest BCUT2D eigenvalue weighted by Gasteiger charge is 2.24. The summed E-state index contributed by atoms with van der Waals surface area (Å²) in [6.45, 7) is 2.82. The van der Waals surface area contributed by atoms with Crippen LogP contribution in [0.25, 0.3) is 27.8 Å². The number of hydrogen-bond acceptors (Lipinski definition) is 6. The van der Waals surface area contributed by atoms with Gasteiger partial charge >= 0.3 is 0 Å². The van der Waals surface area contributed by atoms with Crippen molar-refractivity contribution in [2.75, 3.05) is 31.1 Å².